The SMILES string of the molecule is CC1CC2CC3N[CH-]CCC3C(Br)C2C1.[Cl-].[Cl-].[Cl-].[Zr+4]. The van der Waals surface area contributed by atoms with E-state index < -0.39 is 0 Å². The minimum absolute atomic E-state index is 0. The third kappa shape index (κ3) is 4.83. The molecule has 19 heavy (non-hydrogen) atoms. The molecule has 110 valence electrons. The number of halogens is 4. The third-order valence-electron chi connectivity index (χ3n) is 4.85. The maximum atomic E-state index is 4.01. The second kappa shape index (κ2) is 10.1. The van der Waals surface area contributed by atoms with Crippen LogP contribution in [0, 0.1) is 30.2 Å². The van der Waals surface area contributed by atoms with Crippen molar-refractivity contribution in [3.8, 4) is 0 Å². The summed E-state index contributed by atoms with van der Waals surface area (Å²) in [7, 11) is 0. The first kappa shape index (κ1) is 23.5. The van der Waals surface area contributed by atoms with Crippen LogP contribution in [0.15, 0.2) is 0 Å². The van der Waals surface area contributed by atoms with Crippen molar-refractivity contribution in [3.05, 3.63) is 6.54 Å². The van der Waals surface area contributed by atoms with E-state index >= 15 is 0 Å². The Kier molecular flexibility index (Phi) is 12.4. The molecule has 0 bridgehead atoms. The van der Waals surface area contributed by atoms with Crippen molar-refractivity contribution < 1.29 is 63.4 Å². The fourth-order valence-electron chi connectivity index (χ4n) is 4.21. The second-order valence-corrected chi connectivity index (χ2v) is 6.96. The number of hydrogen-bond donors (Lipinski definition) is 1. The van der Waals surface area contributed by atoms with Crippen molar-refractivity contribution in [2.45, 2.75) is 49.9 Å². The Balaban J connectivity index is 0. The van der Waals surface area contributed by atoms with Gasteiger partial charge in [-0.1, -0.05) is 29.3 Å². The number of alkyl halides is 1. The monoisotopic (exact) mass is 465 g/mol. The molecule has 0 radical (unpaired) electrons. The first-order valence-electron chi connectivity index (χ1n) is 6.47. The van der Waals surface area contributed by atoms with Gasteiger partial charge in [0.1, 0.15) is 0 Å². The van der Waals surface area contributed by atoms with Crippen LogP contribution in [0.3, 0.4) is 0 Å². The van der Waals surface area contributed by atoms with Gasteiger partial charge >= 0.3 is 26.2 Å². The zero-order valence-corrected chi connectivity index (χ0v) is 17.4. The first-order chi connectivity index (χ1) is 7.25. The van der Waals surface area contributed by atoms with Gasteiger partial charge in [-0.05, 0) is 49.0 Å². The van der Waals surface area contributed by atoms with Gasteiger partial charge in [-0.3, -0.25) is 6.54 Å². The van der Waals surface area contributed by atoms with Crippen LogP contribution >= 0.6 is 15.9 Å². The molecule has 0 aromatic rings. The molecule has 3 aliphatic rings. The topological polar surface area (TPSA) is 12.0 Å². The smallest absolute Gasteiger partial charge is 1.00 e. The van der Waals surface area contributed by atoms with E-state index in [0.717, 1.165) is 34.5 Å². The van der Waals surface area contributed by atoms with Crippen LogP contribution in [0.2, 0.25) is 0 Å². The van der Waals surface area contributed by atoms with Gasteiger partial charge in [0.2, 0.25) is 0 Å². The van der Waals surface area contributed by atoms with E-state index in [1.807, 2.05) is 0 Å². The summed E-state index contributed by atoms with van der Waals surface area (Å²) < 4.78 is 0. The molecule has 1 N–H and O–H groups in total. The van der Waals surface area contributed by atoms with Crippen molar-refractivity contribution in [2.24, 2.45) is 23.7 Å². The minimum Gasteiger partial charge on any atom is -1.00 e. The van der Waals surface area contributed by atoms with E-state index in [4.69, 9.17) is 0 Å². The predicted molar refractivity (Wildman–Crippen MR) is 66.7 cm³/mol. The fourth-order valence-corrected chi connectivity index (χ4v) is 5.49. The summed E-state index contributed by atoms with van der Waals surface area (Å²) in [4.78, 5) is 0.785. The Labute approximate surface area is 163 Å². The molecule has 6 heteroatoms. The van der Waals surface area contributed by atoms with Crippen molar-refractivity contribution >= 4 is 15.9 Å². The molecule has 1 heterocycles. The van der Waals surface area contributed by atoms with Crippen LogP contribution in [0.25, 0.3) is 0 Å². The van der Waals surface area contributed by atoms with E-state index in [9.17, 15) is 0 Å². The van der Waals surface area contributed by atoms with Crippen LogP contribution in [0.5, 0.6) is 0 Å². The minimum atomic E-state index is 0. The van der Waals surface area contributed by atoms with Crippen molar-refractivity contribution in [1.29, 1.82) is 0 Å². The molecular formula is C13H21BrCl3NZr. The molecule has 3 fully saturated rings. The maximum Gasteiger partial charge on any atom is 4.00 e. The van der Waals surface area contributed by atoms with Crippen LogP contribution in [-0.4, -0.2) is 10.9 Å². The first-order valence-corrected chi connectivity index (χ1v) is 7.39. The molecule has 0 aromatic heterocycles. The van der Waals surface area contributed by atoms with Crippen LogP contribution < -0.4 is 42.5 Å². The number of rotatable bonds is 0. The van der Waals surface area contributed by atoms with Gasteiger partial charge in [0.15, 0.2) is 0 Å². The number of hydrogen-bond acceptors (Lipinski definition) is 1. The number of fused-ring (bicyclic) bond motifs is 2. The molecule has 1 saturated heterocycles. The van der Waals surface area contributed by atoms with Crippen LogP contribution in [0.4, 0.5) is 0 Å². The van der Waals surface area contributed by atoms with Crippen molar-refractivity contribution in [3.63, 3.8) is 0 Å². The average molecular weight is 469 g/mol. The van der Waals surface area contributed by atoms with Gasteiger partial charge in [-0.2, -0.15) is 6.42 Å². The summed E-state index contributed by atoms with van der Waals surface area (Å²) in [6.45, 7) is 4.72. The summed E-state index contributed by atoms with van der Waals surface area (Å²) in [5, 5.41) is 3.62. The van der Waals surface area contributed by atoms with Crippen molar-refractivity contribution in [2.75, 3.05) is 0 Å². The van der Waals surface area contributed by atoms with Gasteiger partial charge in [-0.15, -0.1) is 0 Å². The van der Waals surface area contributed by atoms with Gasteiger partial charge in [-0.25, -0.2) is 0 Å². The van der Waals surface area contributed by atoms with Gasteiger partial charge in [0.05, 0.1) is 0 Å². The molecule has 0 amide bonds. The Morgan fingerprint density at radius 3 is 2.42 bits per heavy atom. The maximum absolute atomic E-state index is 4.01. The van der Waals surface area contributed by atoms with Crippen LogP contribution in [-0.2, 0) is 26.2 Å². The average Bonchev–Trinajstić information content (AvgIpc) is 2.59. The zero-order valence-electron chi connectivity index (χ0n) is 11.1. The van der Waals surface area contributed by atoms with Gasteiger partial charge in [0.25, 0.3) is 0 Å². The quantitative estimate of drug-likeness (QED) is 0.276. The molecule has 1 nitrogen and oxygen atoms in total. The standard InChI is InChI=1S/C13H21BrN.3ClH.Zr/c1-8-5-9-7-12-10(3-2-4-15-12)13(14)11(9)6-8;;;;/h4,8-13,15H,2-3,5-7H2,1H3;3*1H;/q-1;;;;+4/p-3. The summed E-state index contributed by atoms with van der Waals surface area (Å²) in [6, 6.07) is 0.773. The summed E-state index contributed by atoms with van der Waals surface area (Å²) in [5.41, 5.74) is 0. The Hall–Kier alpha value is 2.19. The molecular weight excluding hydrogens is 448 g/mol. The van der Waals surface area contributed by atoms with E-state index in [-0.39, 0.29) is 63.4 Å². The largest absolute Gasteiger partial charge is 4.00 e. The molecule has 2 saturated carbocycles. The number of nitrogens with one attached hydrogen (secondary N) is 1. The molecule has 6 atom stereocenters. The molecule has 6 unspecified atom stereocenters. The molecule has 0 aromatic carbocycles. The Morgan fingerprint density at radius 2 is 1.74 bits per heavy atom. The Bertz CT molecular complexity index is 254. The van der Waals surface area contributed by atoms with Crippen LogP contribution in [0.1, 0.15) is 39.0 Å². The van der Waals surface area contributed by atoms with E-state index in [1.54, 1.807) is 0 Å². The van der Waals surface area contributed by atoms with E-state index in [2.05, 4.69) is 34.7 Å². The van der Waals surface area contributed by atoms with E-state index in [1.165, 1.54) is 32.1 Å². The molecule has 2 aliphatic carbocycles. The van der Waals surface area contributed by atoms with Crippen molar-refractivity contribution in [1.82, 2.24) is 5.32 Å². The summed E-state index contributed by atoms with van der Waals surface area (Å²) >= 11 is 4.01. The Morgan fingerprint density at radius 1 is 1.05 bits per heavy atom. The molecule has 1 aliphatic heterocycles. The zero-order chi connectivity index (χ0) is 10.4. The normalized spacial score (nSPS) is 43.3. The van der Waals surface area contributed by atoms with Gasteiger partial charge in [0, 0.05) is 4.83 Å². The predicted octanol–water partition coefficient (Wildman–Crippen LogP) is -5.64. The van der Waals surface area contributed by atoms with Gasteiger partial charge < -0.3 is 42.5 Å². The molecule has 3 rings (SSSR count). The third-order valence-corrected chi connectivity index (χ3v) is 6.21. The van der Waals surface area contributed by atoms with E-state index in [0.29, 0.717) is 0 Å². The number of piperidine rings is 1. The fraction of sp³-hybridized carbons (Fsp3) is 0.923. The summed E-state index contributed by atoms with van der Waals surface area (Å²) in [5.74, 6) is 3.82. The molecule has 0 spiro atoms. The second-order valence-electron chi connectivity index (χ2n) is 5.90. The summed E-state index contributed by atoms with van der Waals surface area (Å²) in [6.07, 6.45) is 7.02.